The number of halogens is 1. The molecule has 1 aliphatic heterocycles. The van der Waals surface area contributed by atoms with Gasteiger partial charge in [-0.3, -0.25) is 4.99 Å². The topological polar surface area (TPSA) is 91.0 Å². The van der Waals surface area contributed by atoms with Crippen molar-refractivity contribution in [1.29, 1.82) is 0 Å². The fourth-order valence-electron chi connectivity index (χ4n) is 2.67. The standard InChI is InChI=1S/C15H21N5O3S2.HI/c1-16-15(17-10-13-3-9-24-11-13)19-4-6-20(7-5-19)25(21,22)12-14-2-8-23-18-14;/h2-3,8-9,11H,4-7,10,12H2,1H3,(H,16,17);1H. The van der Waals surface area contributed by atoms with E-state index in [1.54, 1.807) is 24.5 Å². The van der Waals surface area contributed by atoms with Gasteiger partial charge < -0.3 is 14.7 Å². The third-order valence-electron chi connectivity index (χ3n) is 4.00. The molecule has 1 fully saturated rings. The molecule has 8 nitrogen and oxygen atoms in total. The maximum atomic E-state index is 12.5. The average Bonchev–Trinajstić information content (AvgIpc) is 3.29. The van der Waals surface area contributed by atoms with E-state index in [9.17, 15) is 8.42 Å². The number of nitrogens with one attached hydrogen (secondary N) is 1. The second-order valence-electron chi connectivity index (χ2n) is 5.67. The summed E-state index contributed by atoms with van der Waals surface area (Å²) in [4.78, 5) is 6.38. The fraction of sp³-hybridized carbons (Fsp3) is 0.467. The Morgan fingerprint density at radius 2 is 2.12 bits per heavy atom. The van der Waals surface area contributed by atoms with Crippen molar-refractivity contribution in [2.45, 2.75) is 12.3 Å². The Bertz CT molecular complexity index is 785. The van der Waals surface area contributed by atoms with Gasteiger partial charge in [0.25, 0.3) is 0 Å². The van der Waals surface area contributed by atoms with Crippen molar-refractivity contribution < 1.29 is 12.9 Å². The van der Waals surface area contributed by atoms with Crippen LogP contribution in [0.2, 0.25) is 0 Å². The summed E-state index contributed by atoms with van der Waals surface area (Å²) in [5.41, 5.74) is 1.63. The van der Waals surface area contributed by atoms with Gasteiger partial charge >= 0.3 is 0 Å². The van der Waals surface area contributed by atoms with Gasteiger partial charge in [0, 0.05) is 45.8 Å². The molecule has 1 N–H and O–H groups in total. The van der Waals surface area contributed by atoms with Crippen molar-refractivity contribution in [1.82, 2.24) is 19.7 Å². The quantitative estimate of drug-likeness (QED) is 0.373. The van der Waals surface area contributed by atoms with Crippen LogP contribution in [0.1, 0.15) is 11.3 Å². The molecule has 2 aromatic heterocycles. The van der Waals surface area contributed by atoms with Gasteiger partial charge in [0.2, 0.25) is 10.0 Å². The molecule has 3 rings (SSSR count). The first kappa shape index (κ1) is 21.1. The van der Waals surface area contributed by atoms with E-state index in [2.05, 4.69) is 31.8 Å². The monoisotopic (exact) mass is 511 g/mol. The second-order valence-corrected chi connectivity index (χ2v) is 8.41. The van der Waals surface area contributed by atoms with Gasteiger partial charge in [0.15, 0.2) is 5.96 Å². The molecule has 144 valence electrons. The summed E-state index contributed by atoms with van der Waals surface area (Å²) < 4.78 is 31.1. The molecule has 11 heteroatoms. The van der Waals surface area contributed by atoms with Crippen LogP contribution in [0.5, 0.6) is 0 Å². The molecule has 0 atom stereocenters. The van der Waals surface area contributed by atoms with Crippen LogP contribution in [0, 0.1) is 0 Å². The van der Waals surface area contributed by atoms with Crippen LogP contribution in [0.25, 0.3) is 0 Å². The molecule has 3 heterocycles. The Labute approximate surface area is 174 Å². The Morgan fingerprint density at radius 3 is 2.69 bits per heavy atom. The number of hydrogen-bond donors (Lipinski definition) is 1. The summed E-state index contributed by atoms with van der Waals surface area (Å²) in [5.74, 6) is 0.661. The fourth-order valence-corrected chi connectivity index (χ4v) is 4.77. The highest BCUT2D eigenvalue weighted by molar-refractivity contribution is 14.0. The lowest BCUT2D eigenvalue weighted by Crippen LogP contribution is -2.53. The zero-order valence-electron chi connectivity index (χ0n) is 14.4. The van der Waals surface area contributed by atoms with Crippen LogP contribution >= 0.6 is 35.3 Å². The Hall–Kier alpha value is -1.18. The second kappa shape index (κ2) is 9.67. The van der Waals surface area contributed by atoms with E-state index in [1.165, 1.54) is 16.1 Å². The zero-order valence-corrected chi connectivity index (χ0v) is 18.3. The molecule has 0 aromatic carbocycles. The Morgan fingerprint density at radius 1 is 1.35 bits per heavy atom. The summed E-state index contributed by atoms with van der Waals surface area (Å²) >= 11 is 1.66. The number of sulfonamides is 1. The van der Waals surface area contributed by atoms with Gasteiger partial charge in [0.1, 0.15) is 12.0 Å². The van der Waals surface area contributed by atoms with E-state index < -0.39 is 10.0 Å². The third-order valence-corrected chi connectivity index (χ3v) is 6.54. The minimum absolute atomic E-state index is 0. The molecule has 0 saturated carbocycles. The summed E-state index contributed by atoms with van der Waals surface area (Å²) in [5, 5.41) is 11.1. The minimum atomic E-state index is -3.38. The molecule has 0 bridgehead atoms. The van der Waals surface area contributed by atoms with Crippen LogP contribution in [0.15, 0.2) is 38.7 Å². The first-order valence-corrected chi connectivity index (χ1v) is 10.5. The predicted octanol–water partition coefficient (Wildman–Crippen LogP) is 1.58. The number of aromatic nitrogens is 1. The lowest BCUT2D eigenvalue weighted by Gasteiger charge is -2.35. The molecule has 0 radical (unpaired) electrons. The highest BCUT2D eigenvalue weighted by Crippen LogP contribution is 2.13. The van der Waals surface area contributed by atoms with Crippen LogP contribution in [-0.2, 0) is 22.3 Å². The molecule has 2 aromatic rings. The predicted molar refractivity (Wildman–Crippen MR) is 112 cm³/mol. The smallest absolute Gasteiger partial charge is 0.220 e. The molecule has 26 heavy (non-hydrogen) atoms. The normalized spacial score (nSPS) is 16.3. The van der Waals surface area contributed by atoms with Crippen LogP contribution in [0.4, 0.5) is 0 Å². The van der Waals surface area contributed by atoms with E-state index in [4.69, 9.17) is 4.52 Å². The maximum absolute atomic E-state index is 12.5. The summed E-state index contributed by atoms with van der Waals surface area (Å²) in [6.45, 7) is 2.77. The molecule has 1 saturated heterocycles. The van der Waals surface area contributed by atoms with Crippen molar-refractivity contribution in [3.63, 3.8) is 0 Å². The molecule has 0 unspecified atom stereocenters. The molecular formula is C15H22IN5O3S2. The largest absolute Gasteiger partial charge is 0.364 e. The number of thiophene rings is 1. The van der Waals surface area contributed by atoms with Crippen LogP contribution in [-0.4, -0.2) is 62.0 Å². The highest BCUT2D eigenvalue weighted by Gasteiger charge is 2.28. The third kappa shape index (κ3) is 5.41. The van der Waals surface area contributed by atoms with Crippen molar-refractivity contribution >= 4 is 51.3 Å². The van der Waals surface area contributed by atoms with Gasteiger partial charge in [0.05, 0.1) is 5.69 Å². The lowest BCUT2D eigenvalue weighted by atomic mass is 10.3. The molecule has 0 spiro atoms. The van der Waals surface area contributed by atoms with Gasteiger partial charge in [-0.2, -0.15) is 15.6 Å². The summed E-state index contributed by atoms with van der Waals surface area (Å²) in [6, 6.07) is 3.64. The van der Waals surface area contributed by atoms with Gasteiger partial charge in [-0.05, 0) is 22.4 Å². The van der Waals surface area contributed by atoms with E-state index in [1.807, 2.05) is 5.38 Å². The maximum Gasteiger partial charge on any atom is 0.220 e. The molecule has 0 amide bonds. The molecule has 1 aliphatic rings. The number of aliphatic imine (C=N–C) groups is 1. The number of rotatable bonds is 5. The number of piperazine rings is 1. The summed E-state index contributed by atoms with van der Waals surface area (Å²) in [7, 11) is -1.64. The van der Waals surface area contributed by atoms with Crippen LogP contribution in [0.3, 0.4) is 0 Å². The highest BCUT2D eigenvalue weighted by atomic mass is 127. The molecular weight excluding hydrogens is 489 g/mol. The number of guanidine groups is 1. The van der Waals surface area contributed by atoms with Gasteiger partial charge in [-0.1, -0.05) is 5.16 Å². The number of nitrogens with zero attached hydrogens (tertiary/aromatic N) is 4. The van der Waals surface area contributed by atoms with E-state index >= 15 is 0 Å². The molecule has 0 aliphatic carbocycles. The summed E-state index contributed by atoms with van der Waals surface area (Å²) in [6.07, 6.45) is 1.38. The van der Waals surface area contributed by atoms with E-state index in [0.29, 0.717) is 38.4 Å². The van der Waals surface area contributed by atoms with E-state index in [0.717, 1.165) is 5.96 Å². The van der Waals surface area contributed by atoms with Crippen molar-refractivity contribution in [3.8, 4) is 0 Å². The first-order valence-electron chi connectivity index (χ1n) is 7.92. The van der Waals surface area contributed by atoms with Gasteiger partial charge in [-0.15, -0.1) is 24.0 Å². The van der Waals surface area contributed by atoms with Crippen molar-refractivity contribution in [2.75, 3.05) is 33.2 Å². The van der Waals surface area contributed by atoms with Crippen LogP contribution < -0.4 is 5.32 Å². The van der Waals surface area contributed by atoms with Crippen molar-refractivity contribution in [3.05, 3.63) is 40.4 Å². The lowest BCUT2D eigenvalue weighted by molar-refractivity contribution is 0.259. The average molecular weight is 511 g/mol. The first-order chi connectivity index (χ1) is 12.1. The minimum Gasteiger partial charge on any atom is -0.364 e. The Kier molecular flexibility index (Phi) is 7.85. The van der Waals surface area contributed by atoms with E-state index in [-0.39, 0.29) is 29.7 Å². The van der Waals surface area contributed by atoms with Gasteiger partial charge in [-0.25, -0.2) is 8.42 Å². The Balaban J connectivity index is 0.00000243. The number of hydrogen-bond acceptors (Lipinski definition) is 6. The van der Waals surface area contributed by atoms with Crippen molar-refractivity contribution in [2.24, 2.45) is 4.99 Å². The SMILES string of the molecule is CN=C(NCc1ccsc1)N1CCN(S(=O)(=O)Cc2ccon2)CC1.I. The zero-order chi connectivity index (χ0) is 17.7.